The summed E-state index contributed by atoms with van der Waals surface area (Å²) in [6, 6.07) is 5.48. The van der Waals surface area contributed by atoms with Crippen molar-refractivity contribution >= 4 is 43.4 Å². The molecule has 0 spiro atoms. The first kappa shape index (κ1) is 21.0. The van der Waals surface area contributed by atoms with Gasteiger partial charge in [-0.05, 0) is 44.9 Å². The van der Waals surface area contributed by atoms with Gasteiger partial charge in [0.25, 0.3) is 10.2 Å². The number of thiazole rings is 1. The van der Waals surface area contributed by atoms with Crippen LogP contribution in [0.3, 0.4) is 0 Å². The number of hydrogen-bond acceptors (Lipinski definition) is 5. The maximum Gasteiger partial charge on any atom is 0.308 e. The highest BCUT2D eigenvalue weighted by molar-refractivity contribution is 7.86. The molecule has 1 atom stereocenters. The number of rotatable bonds is 5. The monoisotopic (exact) mass is 426 g/mol. The van der Waals surface area contributed by atoms with Gasteiger partial charge in [0, 0.05) is 38.9 Å². The fraction of sp³-hybridized carbons (Fsp3) is 0.556. The van der Waals surface area contributed by atoms with Gasteiger partial charge in [0.2, 0.25) is 5.91 Å². The van der Waals surface area contributed by atoms with Crippen LogP contribution in [0.25, 0.3) is 10.2 Å². The van der Waals surface area contributed by atoms with Gasteiger partial charge in [-0.15, -0.1) is 0 Å². The molecule has 0 bridgehead atoms. The van der Waals surface area contributed by atoms with Crippen molar-refractivity contribution < 1.29 is 13.2 Å². The lowest BCUT2D eigenvalue weighted by molar-refractivity contribution is -0.120. The molecule has 1 aromatic carbocycles. The van der Waals surface area contributed by atoms with E-state index in [2.05, 4.69) is 5.32 Å². The minimum absolute atomic E-state index is 0.0229. The second kappa shape index (κ2) is 7.94. The van der Waals surface area contributed by atoms with Gasteiger partial charge >= 0.3 is 4.87 Å². The zero-order valence-electron chi connectivity index (χ0n) is 16.5. The van der Waals surface area contributed by atoms with Crippen molar-refractivity contribution in [1.82, 2.24) is 13.2 Å². The van der Waals surface area contributed by atoms with Crippen LogP contribution in [0.2, 0.25) is 0 Å². The molecule has 10 heteroatoms. The largest absolute Gasteiger partial charge is 0.326 e. The standard InChI is InChI=1S/C18H26N4O4S2/c1-12(2)22-15-8-7-14(10-16(15)27-18(22)24)19-17(23)13-6-5-9-21(11-13)28(25,26)20(3)4/h7-8,10,12-13H,5-6,9,11H2,1-4H3,(H,19,23). The summed E-state index contributed by atoms with van der Waals surface area (Å²) in [6.07, 6.45) is 1.29. The van der Waals surface area contributed by atoms with Crippen LogP contribution in [0, 0.1) is 5.92 Å². The Kier molecular flexibility index (Phi) is 5.95. The van der Waals surface area contributed by atoms with Crippen LogP contribution in [-0.4, -0.2) is 54.7 Å². The van der Waals surface area contributed by atoms with E-state index in [1.165, 1.54) is 22.7 Å². The molecule has 1 aliphatic heterocycles. The van der Waals surface area contributed by atoms with Crippen molar-refractivity contribution in [2.45, 2.75) is 32.7 Å². The molecule has 1 saturated heterocycles. The van der Waals surface area contributed by atoms with Gasteiger partial charge in [0.05, 0.1) is 16.1 Å². The lowest BCUT2D eigenvalue weighted by Gasteiger charge is -2.32. The minimum atomic E-state index is -3.53. The molecule has 1 unspecified atom stereocenters. The molecule has 2 heterocycles. The summed E-state index contributed by atoms with van der Waals surface area (Å²) in [5.41, 5.74) is 1.46. The number of hydrogen-bond donors (Lipinski definition) is 1. The van der Waals surface area contributed by atoms with E-state index in [9.17, 15) is 18.0 Å². The van der Waals surface area contributed by atoms with Gasteiger partial charge in [0.15, 0.2) is 0 Å². The molecule has 1 amide bonds. The zero-order chi connectivity index (χ0) is 20.6. The normalized spacial score (nSPS) is 18.9. The minimum Gasteiger partial charge on any atom is -0.326 e. The van der Waals surface area contributed by atoms with Gasteiger partial charge in [0.1, 0.15) is 0 Å². The number of anilines is 1. The predicted molar refractivity (Wildman–Crippen MR) is 112 cm³/mol. The molecule has 1 N–H and O–H groups in total. The molecular weight excluding hydrogens is 400 g/mol. The smallest absolute Gasteiger partial charge is 0.308 e. The van der Waals surface area contributed by atoms with Gasteiger partial charge in [-0.25, -0.2) is 0 Å². The van der Waals surface area contributed by atoms with Crippen LogP contribution >= 0.6 is 11.3 Å². The number of carbonyl (C=O) groups is 1. The quantitative estimate of drug-likeness (QED) is 0.793. The lowest BCUT2D eigenvalue weighted by atomic mass is 9.98. The van der Waals surface area contributed by atoms with Crippen molar-refractivity contribution in [3.8, 4) is 0 Å². The fourth-order valence-corrected chi connectivity index (χ4v) is 5.69. The predicted octanol–water partition coefficient (Wildman–Crippen LogP) is 2.10. The van der Waals surface area contributed by atoms with Crippen molar-refractivity contribution in [2.24, 2.45) is 5.92 Å². The second-order valence-corrected chi connectivity index (χ2v) is 10.6. The Morgan fingerprint density at radius 2 is 2.04 bits per heavy atom. The number of carbonyl (C=O) groups excluding carboxylic acids is 1. The summed E-state index contributed by atoms with van der Waals surface area (Å²) >= 11 is 1.15. The number of fused-ring (bicyclic) bond motifs is 1. The van der Waals surface area contributed by atoms with Gasteiger partial charge in [-0.3, -0.25) is 14.2 Å². The molecule has 154 valence electrons. The molecule has 0 radical (unpaired) electrons. The van der Waals surface area contributed by atoms with Crippen molar-refractivity contribution in [3.63, 3.8) is 0 Å². The lowest BCUT2D eigenvalue weighted by Crippen LogP contribution is -2.47. The number of piperidine rings is 1. The van der Waals surface area contributed by atoms with E-state index in [-0.39, 0.29) is 23.4 Å². The number of nitrogens with one attached hydrogen (secondary N) is 1. The first-order valence-electron chi connectivity index (χ1n) is 9.25. The number of benzene rings is 1. The Bertz CT molecular complexity index is 1040. The number of nitrogens with zero attached hydrogens (tertiary/aromatic N) is 3. The van der Waals surface area contributed by atoms with Crippen LogP contribution in [0.4, 0.5) is 5.69 Å². The number of amides is 1. The summed E-state index contributed by atoms with van der Waals surface area (Å²) in [4.78, 5) is 24.9. The first-order chi connectivity index (χ1) is 13.1. The third-order valence-electron chi connectivity index (χ3n) is 4.94. The van der Waals surface area contributed by atoms with E-state index in [4.69, 9.17) is 0 Å². The Morgan fingerprint density at radius 1 is 1.32 bits per heavy atom. The van der Waals surface area contributed by atoms with Crippen LogP contribution in [-0.2, 0) is 15.0 Å². The molecule has 0 aliphatic carbocycles. The van der Waals surface area contributed by atoms with E-state index < -0.39 is 16.1 Å². The highest BCUT2D eigenvalue weighted by Crippen LogP contribution is 2.26. The van der Waals surface area contributed by atoms with E-state index >= 15 is 0 Å². The Hall–Kier alpha value is -1.75. The maximum absolute atomic E-state index is 12.7. The van der Waals surface area contributed by atoms with Gasteiger partial charge in [-0.1, -0.05) is 11.3 Å². The second-order valence-electron chi connectivity index (χ2n) is 7.49. The average molecular weight is 427 g/mol. The van der Waals surface area contributed by atoms with Crippen molar-refractivity contribution in [3.05, 3.63) is 27.9 Å². The average Bonchev–Trinajstić information content (AvgIpc) is 2.96. The molecular formula is C18H26N4O4S2. The van der Waals surface area contributed by atoms with Crippen LogP contribution in [0.5, 0.6) is 0 Å². The summed E-state index contributed by atoms with van der Waals surface area (Å²) in [7, 11) is -0.549. The van der Waals surface area contributed by atoms with Crippen LogP contribution < -0.4 is 10.2 Å². The molecule has 2 aromatic rings. The van der Waals surface area contributed by atoms with E-state index in [1.807, 2.05) is 19.9 Å². The van der Waals surface area contributed by atoms with E-state index in [1.54, 1.807) is 16.7 Å². The SMILES string of the molecule is CC(C)n1c(=O)sc2cc(NC(=O)C3CCCN(S(=O)(=O)N(C)C)C3)ccc21. The van der Waals surface area contributed by atoms with Crippen molar-refractivity contribution in [1.29, 1.82) is 0 Å². The molecule has 1 aliphatic rings. The van der Waals surface area contributed by atoms with E-state index in [0.717, 1.165) is 21.6 Å². The highest BCUT2D eigenvalue weighted by atomic mass is 32.2. The summed E-state index contributed by atoms with van der Waals surface area (Å²) in [5.74, 6) is -0.605. The Balaban J connectivity index is 1.76. The molecule has 3 rings (SSSR count). The summed E-state index contributed by atoms with van der Waals surface area (Å²) in [6.45, 7) is 4.51. The van der Waals surface area contributed by atoms with E-state index in [0.29, 0.717) is 25.1 Å². The molecule has 28 heavy (non-hydrogen) atoms. The molecule has 1 aromatic heterocycles. The maximum atomic E-state index is 12.7. The molecule has 8 nitrogen and oxygen atoms in total. The third kappa shape index (κ3) is 4.00. The van der Waals surface area contributed by atoms with Gasteiger partial charge < -0.3 is 5.32 Å². The van der Waals surface area contributed by atoms with Crippen molar-refractivity contribution in [2.75, 3.05) is 32.5 Å². The highest BCUT2D eigenvalue weighted by Gasteiger charge is 2.33. The summed E-state index contributed by atoms with van der Waals surface area (Å²) in [5, 5.41) is 2.88. The third-order valence-corrected chi connectivity index (χ3v) is 7.77. The zero-order valence-corrected chi connectivity index (χ0v) is 18.1. The number of aromatic nitrogens is 1. The van der Waals surface area contributed by atoms with Crippen LogP contribution in [0.1, 0.15) is 32.7 Å². The fourth-order valence-electron chi connectivity index (χ4n) is 3.44. The van der Waals surface area contributed by atoms with Gasteiger partial charge in [-0.2, -0.15) is 17.0 Å². The summed E-state index contributed by atoms with van der Waals surface area (Å²) < 4.78 is 29.8. The topological polar surface area (TPSA) is 91.7 Å². The molecule has 1 fully saturated rings. The Morgan fingerprint density at radius 3 is 2.68 bits per heavy atom. The molecule has 0 saturated carbocycles. The Labute approximate surface area is 168 Å². The van der Waals surface area contributed by atoms with Crippen LogP contribution in [0.15, 0.2) is 23.0 Å². The first-order valence-corrected chi connectivity index (χ1v) is 11.5.